The Morgan fingerprint density at radius 1 is 0.938 bits per heavy atom. The van der Waals surface area contributed by atoms with Gasteiger partial charge in [0.05, 0.1) is 15.5 Å². The molecule has 1 aromatic heterocycles. The summed E-state index contributed by atoms with van der Waals surface area (Å²) in [7, 11) is -3.83. The summed E-state index contributed by atoms with van der Waals surface area (Å²) in [6, 6.07) is 19.0. The van der Waals surface area contributed by atoms with Gasteiger partial charge >= 0.3 is 0 Å². The number of aryl methyl sites for hydroxylation is 1. The highest BCUT2D eigenvalue weighted by Crippen LogP contribution is 2.39. The van der Waals surface area contributed by atoms with E-state index in [0.717, 1.165) is 5.56 Å². The SMILES string of the molecule is Cc1ccc(C(=O)Nc2nc(-c3ccc(S(N)(=O)=O)cc3)c(-c3ccc(F)cc3)s2)cc1. The van der Waals surface area contributed by atoms with Crippen LogP contribution in [0.15, 0.2) is 77.7 Å². The molecule has 0 aliphatic carbocycles. The second kappa shape index (κ2) is 8.62. The fourth-order valence-electron chi connectivity index (χ4n) is 3.04. The van der Waals surface area contributed by atoms with Gasteiger partial charge in [-0.1, -0.05) is 53.3 Å². The molecular formula is C23H18FN3O3S2. The number of nitrogens with zero attached hydrogens (tertiary/aromatic N) is 1. The van der Waals surface area contributed by atoms with Gasteiger partial charge in [0.1, 0.15) is 5.82 Å². The van der Waals surface area contributed by atoms with Crippen molar-refractivity contribution in [1.29, 1.82) is 0 Å². The summed E-state index contributed by atoms with van der Waals surface area (Å²) < 4.78 is 36.6. The number of nitrogens with two attached hydrogens (primary N) is 1. The maximum absolute atomic E-state index is 13.4. The van der Waals surface area contributed by atoms with Crippen molar-refractivity contribution in [3.05, 3.63) is 89.7 Å². The first-order valence-electron chi connectivity index (χ1n) is 9.49. The first-order chi connectivity index (χ1) is 15.2. The van der Waals surface area contributed by atoms with Gasteiger partial charge in [0.2, 0.25) is 10.0 Å². The number of halogens is 1. The van der Waals surface area contributed by atoms with Gasteiger partial charge in [-0.05, 0) is 48.9 Å². The second-order valence-electron chi connectivity index (χ2n) is 7.09. The van der Waals surface area contributed by atoms with E-state index in [0.29, 0.717) is 32.4 Å². The van der Waals surface area contributed by atoms with E-state index in [1.165, 1.54) is 35.6 Å². The van der Waals surface area contributed by atoms with Gasteiger partial charge in [0.15, 0.2) is 5.13 Å². The average Bonchev–Trinajstić information content (AvgIpc) is 3.18. The highest BCUT2D eigenvalue weighted by atomic mass is 32.2. The topological polar surface area (TPSA) is 102 Å². The Morgan fingerprint density at radius 3 is 2.12 bits per heavy atom. The van der Waals surface area contributed by atoms with Gasteiger partial charge in [-0.2, -0.15) is 0 Å². The highest BCUT2D eigenvalue weighted by molar-refractivity contribution is 7.89. The minimum atomic E-state index is -3.83. The van der Waals surface area contributed by atoms with Crippen LogP contribution in [0, 0.1) is 12.7 Å². The zero-order valence-electron chi connectivity index (χ0n) is 16.9. The zero-order chi connectivity index (χ0) is 22.9. The number of carbonyl (C=O) groups excluding carboxylic acids is 1. The molecule has 9 heteroatoms. The Bertz CT molecular complexity index is 1380. The fraction of sp³-hybridized carbons (Fsp3) is 0.0435. The maximum atomic E-state index is 13.4. The predicted molar refractivity (Wildman–Crippen MR) is 123 cm³/mol. The molecule has 0 aliphatic rings. The van der Waals surface area contributed by atoms with Crippen molar-refractivity contribution in [2.75, 3.05) is 5.32 Å². The van der Waals surface area contributed by atoms with Gasteiger partial charge in [-0.3, -0.25) is 10.1 Å². The van der Waals surface area contributed by atoms with Crippen molar-refractivity contribution in [2.45, 2.75) is 11.8 Å². The summed E-state index contributed by atoms with van der Waals surface area (Å²) in [5.74, 6) is -0.675. The van der Waals surface area contributed by atoms with Crippen LogP contribution >= 0.6 is 11.3 Å². The maximum Gasteiger partial charge on any atom is 0.257 e. The van der Waals surface area contributed by atoms with Crippen LogP contribution in [0.1, 0.15) is 15.9 Å². The number of rotatable bonds is 5. The molecule has 32 heavy (non-hydrogen) atoms. The lowest BCUT2D eigenvalue weighted by Gasteiger charge is -2.04. The monoisotopic (exact) mass is 467 g/mol. The standard InChI is InChI=1S/C23H18FN3O3S2/c1-14-2-4-17(5-3-14)22(28)27-23-26-20(15-8-12-19(13-9-15)32(25,29)30)21(31-23)16-6-10-18(24)11-7-16/h2-13H,1H3,(H2,25,29,30)(H,26,27,28). The number of hydrogen-bond acceptors (Lipinski definition) is 5. The van der Waals surface area contributed by atoms with Crippen LogP contribution in [0.5, 0.6) is 0 Å². The zero-order valence-corrected chi connectivity index (χ0v) is 18.5. The van der Waals surface area contributed by atoms with Crippen LogP contribution in [-0.2, 0) is 10.0 Å². The Balaban J connectivity index is 1.74. The predicted octanol–water partition coefficient (Wildman–Crippen LogP) is 4.82. The molecule has 4 aromatic rings. The van der Waals surface area contributed by atoms with E-state index < -0.39 is 10.0 Å². The third-order valence-corrected chi connectivity index (χ3v) is 6.67. The summed E-state index contributed by atoms with van der Waals surface area (Å²) in [5.41, 5.74) is 3.41. The molecule has 0 atom stereocenters. The molecule has 0 saturated heterocycles. The number of hydrogen-bond donors (Lipinski definition) is 2. The molecule has 0 spiro atoms. The minimum Gasteiger partial charge on any atom is -0.298 e. The second-order valence-corrected chi connectivity index (χ2v) is 9.65. The van der Waals surface area contributed by atoms with E-state index in [-0.39, 0.29) is 16.6 Å². The largest absolute Gasteiger partial charge is 0.298 e. The van der Waals surface area contributed by atoms with E-state index in [1.807, 2.05) is 19.1 Å². The van der Waals surface area contributed by atoms with E-state index in [9.17, 15) is 17.6 Å². The number of primary sulfonamides is 1. The number of benzene rings is 3. The summed E-state index contributed by atoms with van der Waals surface area (Å²) in [6.07, 6.45) is 0. The van der Waals surface area contributed by atoms with Gasteiger partial charge in [0.25, 0.3) is 5.91 Å². The molecule has 1 amide bonds. The van der Waals surface area contributed by atoms with Crippen LogP contribution in [-0.4, -0.2) is 19.3 Å². The molecule has 1 heterocycles. The molecular weight excluding hydrogens is 449 g/mol. The fourth-order valence-corrected chi connectivity index (χ4v) is 4.55. The normalized spacial score (nSPS) is 11.3. The Labute approximate surface area is 188 Å². The Hall–Kier alpha value is -3.40. The molecule has 0 aliphatic heterocycles. The number of aromatic nitrogens is 1. The lowest BCUT2D eigenvalue weighted by Crippen LogP contribution is -2.11. The van der Waals surface area contributed by atoms with E-state index >= 15 is 0 Å². The van der Waals surface area contributed by atoms with E-state index in [1.54, 1.807) is 36.4 Å². The first kappa shape index (κ1) is 21.8. The molecule has 0 fully saturated rings. The smallest absolute Gasteiger partial charge is 0.257 e. The Morgan fingerprint density at radius 2 is 1.53 bits per heavy atom. The van der Waals surface area contributed by atoms with Gasteiger partial charge in [0, 0.05) is 11.1 Å². The molecule has 0 bridgehead atoms. The van der Waals surface area contributed by atoms with Crippen molar-refractivity contribution in [1.82, 2.24) is 4.98 Å². The molecule has 0 saturated carbocycles. The molecule has 0 unspecified atom stereocenters. The van der Waals surface area contributed by atoms with Crippen LogP contribution in [0.4, 0.5) is 9.52 Å². The third kappa shape index (κ3) is 4.75. The number of nitrogens with one attached hydrogen (secondary N) is 1. The van der Waals surface area contributed by atoms with E-state index in [4.69, 9.17) is 5.14 Å². The quantitative estimate of drug-likeness (QED) is 0.439. The van der Waals surface area contributed by atoms with Crippen LogP contribution in [0.2, 0.25) is 0 Å². The van der Waals surface area contributed by atoms with E-state index in [2.05, 4.69) is 10.3 Å². The number of carbonyl (C=O) groups is 1. The third-order valence-electron chi connectivity index (χ3n) is 4.72. The molecule has 162 valence electrons. The van der Waals surface area contributed by atoms with Crippen LogP contribution in [0.25, 0.3) is 21.7 Å². The summed E-state index contributed by atoms with van der Waals surface area (Å²) in [5, 5.41) is 8.34. The van der Waals surface area contributed by atoms with Crippen molar-refractivity contribution < 1.29 is 17.6 Å². The summed E-state index contributed by atoms with van der Waals surface area (Å²) in [6.45, 7) is 1.94. The van der Waals surface area contributed by atoms with Gasteiger partial charge < -0.3 is 0 Å². The molecule has 0 radical (unpaired) electrons. The minimum absolute atomic E-state index is 0.0206. The van der Waals surface area contributed by atoms with Crippen LogP contribution < -0.4 is 10.5 Å². The van der Waals surface area contributed by atoms with Crippen molar-refractivity contribution >= 4 is 32.4 Å². The van der Waals surface area contributed by atoms with Gasteiger partial charge in [-0.25, -0.2) is 22.9 Å². The number of anilines is 1. The molecule has 3 N–H and O–H groups in total. The number of amides is 1. The summed E-state index contributed by atoms with van der Waals surface area (Å²) in [4.78, 5) is 17.9. The van der Waals surface area contributed by atoms with Crippen molar-refractivity contribution in [3.63, 3.8) is 0 Å². The first-order valence-corrected chi connectivity index (χ1v) is 11.8. The average molecular weight is 468 g/mol. The molecule has 4 rings (SSSR count). The Kier molecular flexibility index (Phi) is 5.88. The highest BCUT2D eigenvalue weighted by Gasteiger charge is 2.18. The lowest BCUT2D eigenvalue weighted by atomic mass is 10.1. The number of thiazole rings is 1. The van der Waals surface area contributed by atoms with Crippen LogP contribution in [0.3, 0.4) is 0 Å². The summed E-state index contributed by atoms with van der Waals surface area (Å²) >= 11 is 1.24. The lowest BCUT2D eigenvalue weighted by molar-refractivity contribution is 0.102. The molecule has 3 aromatic carbocycles. The van der Waals surface area contributed by atoms with Crippen molar-refractivity contribution in [3.8, 4) is 21.7 Å². The van der Waals surface area contributed by atoms with Gasteiger partial charge in [-0.15, -0.1) is 0 Å². The van der Waals surface area contributed by atoms with Crippen molar-refractivity contribution in [2.24, 2.45) is 5.14 Å². The number of sulfonamides is 1. The molecule has 6 nitrogen and oxygen atoms in total.